The number of hydrogen-bond acceptors (Lipinski definition) is 6. The summed E-state index contributed by atoms with van der Waals surface area (Å²) in [7, 11) is 0. The molecule has 2 heterocycles. The number of fused-ring (bicyclic) bond motifs is 1. The van der Waals surface area contributed by atoms with E-state index in [0.29, 0.717) is 0 Å². The summed E-state index contributed by atoms with van der Waals surface area (Å²) in [6.45, 7) is 0. The highest BCUT2D eigenvalue weighted by molar-refractivity contribution is 5.89. The highest BCUT2D eigenvalue weighted by Crippen LogP contribution is 2.09. The van der Waals surface area contributed by atoms with Gasteiger partial charge in [-0.2, -0.15) is 0 Å². The van der Waals surface area contributed by atoms with Gasteiger partial charge >= 0.3 is 5.97 Å². The van der Waals surface area contributed by atoms with Crippen molar-refractivity contribution in [2.24, 2.45) is 0 Å². The molecule has 0 fully saturated rings. The normalized spacial score (nSPS) is 10.4. The van der Waals surface area contributed by atoms with Crippen LogP contribution in [0.2, 0.25) is 0 Å². The summed E-state index contributed by atoms with van der Waals surface area (Å²) < 4.78 is 0. The number of aromatic amines is 1. The average molecular weight is 207 g/mol. The van der Waals surface area contributed by atoms with E-state index in [4.69, 9.17) is 10.8 Å². The predicted molar refractivity (Wildman–Crippen MR) is 49.3 cm³/mol. The van der Waals surface area contributed by atoms with Crippen LogP contribution < -0.4 is 11.3 Å². The predicted octanol–water partition coefficient (Wildman–Crippen LogP) is -1.01. The van der Waals surface area contributed by atoms with Crippen molar-refractivity contribution in [2.75, 3.05) is 5.73 Å². The number of carbonyl (C=O) groups is 1. The van der Waals surface area contributed by atoms with E-state index in [1.165, 1.54) is 0 Å². The van der Waals surface area contributed by atoms with Crippen LogP contribution in [0.4, 0.5) is 5.82 Å². The fraction of sp³-hybridized carbons (Fsp3) is 0. The smallest absolute Gasteiger partial charge is 0.360 e. The molecule has 8 nitrogen and oxygen atoms in total. The molecule has 2 rings (SSSR count). The van der Waals surface area contributed by atoms with Crippen LogP contribution in [0.1, 0.15) is 10.5 Å². The highest BCUT2D eigenvalue weighted by atomic mass is 16.4. The molecule has 0 radical (unpaired) electrons. The van der Waals surface area contributed by atoms with Crippen LogP contribution in [0.25, 0.3) is 11.2 Å². The third-order valence-corrected chi connectivity index (χ3v) is 1.72. The van der Waals surface area contributed by atoms with Gasteiger partial charge in [-0.15, -0.1) is 0 Å². The van der Waals surface area contributed by atoms with E-state index in [1.807, 2.05) is 0 Å². The number of aromatic carboxylic acids is 1. The largest absolute Gasteiger partial charge is 0.476 e. The molecule has 0 saturated heterocycles. The molecule has 0 bridgehead atoms. The molecule has 4 N–H and O–H groups in total. The minimum Gasteiger partial charge on any atom is -0.476 e. The molecule has 76 valence electrons. The second-order valence-corrected chi connectivity index (χ2v) is 2.68. The Morgan fingerprint density at radius 3 is 2.87 bits per heavy atom. The van der Waals surface area contributed by atoms with Gasteiger partial charge in [-0.3, -0.25) is 4.79 Å². The summed E-state index contributed by atoms with van der Waals surface area (Å²) in [6.07, 6.45) is 1.15. The Hall–Kier alpha value is -2.51. The van der Waals surface area contributed by atoms with E-state index >= 15 is 0 Å². The number of anilines is 1. The van der Waals surface area contributed by atoms with Gasteiger partial charge in [0.2, 0.25) is 5.69 Å². The van der Waals surface area contributed by atoms with E-state index in [-0.39, 0.29) is 17.0 Å². The maximum absolute atomic E-state index is 11.2. The Morgan fingerprint density at radius 2 is 2.20 bits per heavy atom. The molecule has 0 atom stereocenters. The molecule has 0 aliphatic carbocycles. The number of H-pyrrole nitrogens is 1. The monoisotopic (exact) mass is 207 g/mol. The minimum atomic E-state index is -1.43. The Morgan fingerprint density at radius 1 is 1.47 bits per heavy atom. The van der Waals surface area contributed by atoms with Gasteiger partial charge in [0, 0.05) is 0 Å². The van der Waals surface area contributed by atoms with Crippen LogP contribution in [0.15, 0.2) is 11.1 Å². The van der Waals surface area contributed by atoms with Crippen molar-refractivity contribution >= 4 is 23.0 Å². The molecule has 0 saturated carbocycles. The summed E-state index contributed by atoms with van der Waals surface area (Å²) in [5.74, 6) is -1.42. The van der Waals surface area contributed by atoms with E-state index in [9.17, 15) is 9.59 Å². The number of nitrogens with two attached hydrogens (primary N) is 1. The van der Waals surface area contributed by atoms with Gasteiger partial charge in [-0.05, 0) is 0 Å². The summed E-state index contributed by atoms with van der Waals surface area (Å²) in [5.41, 5.74) is 4.16. The zero-order valence-electron chi connectivity index (χ0n) is 7.26. The molecule has 0 amide bonds. The number of hydrogen-bond donors (Lipinski definition) is 3. The van der Waals surface area contributed by atoms with Crippen molar-refractivity contribution < 1.29 is 9.90 Å². The Kier molecular flexibility index (Phi) is 1.82. The highest BCUT2D eigenvalue weighted by Gasteiger charge is 2.13. The lowest BCUT2D eigenvalue weighted by atomic mass is 10.4. The SMILES string of the molecule is Nc1ncnc2[nH]c(=O)c(C(=O)O)nc12. The molecule has 0 aliphatic heterocycles. The standard InChI is InChI=1S/C7H5N5O3/c8-4-2-5(10-1-9-4)12-6(13)3(11-2)7(14)15/h1H,(H,14,15)(H3,8,9,10,12,13). The number of carboxylic acid groups (broad SMARTS) is 1. The van der Waals surface area contributed by atoms with Crippen molar-refractivity contribution in [2.45, 2.75) is 0 Å². The maximum Gasteiger partial charge on any atom is 0.360 e. The molecule has 0 unspecified atom stereocenters. The first kappa shape index (κ1) is 9.06. The summed E-state index contributed by atoms with van der Waals surface area (Å²) >= 11 is 0. The van der Waals surface area contributed by atoms with Crippen molar-refractivity contribution in [1.29, 1.82) is 0 Å². The number of nitrogen functional groups attached to an aromatic ring is 1. The van der Waals surface area contributed by atoms with E-state index in [2.05, 4.69) is 19.9 Å². The van der Waals surface area contributed by atoms with Gasteiger partial charge in [0.15, 0.2) is 11.5 Å². The first-order chi connectivity index (χ1) is 7.09. The van der Waals surface area contributed by atoms with Gasteiger partial charge in [0.1, 0.15) is 11.8 Å². The molecule has 15 heavy (non-hydrogen) atoms. The molecule has 0 aliphatic rings. The Labute approximate surface area is 81.8 Å². The zero-order chi connectivity index (χ0) is 11.0. The molecule has 2 aromatic rings. The van der Waals surface area contributed by atoms with Gasteiger partial charge < -0.3 is 15.8 Å². The number of aromatic nitrogens is 4. The second-order valence-electron chi connectivity index (χ2n) is 2.68. The lowest BCUT2D eigenvalue weighted by Gasteiger charge is -1.99. The van der Waals surface area contributed by atoms with Gasteiger partial charge in [-0.25, -0.2) is 19.7 Å². The Bertz CT molecular complexity index is 605. The minimum absolute atomic E-state index is 0.0127. The third kappa shape index (κ3) is 1.37. The molecule has 0 aromatic carbocycles. The topological polar surface area (TPSA) is 135 Å². The Balaban J connectivity index is 2.90. The maximum atomic E-state index is 11.2. The van der Waals surface area contributed by atoms with Gasteiger partial charge in [-0.1, -0.05) is 0 Å². The average Bonchev–Trinajstić information content (AvgIpc) is 2.16. The number of nitrogens with one attached hydrogen (secondary N) is 1. The zero-order valence-corrected chi connectivity index (χ0v) is 7.26. The molecule has 8 heteroatoms. The summed E-state index contributed by atoms with van der Waals surface area (Å²) in [6, 6.07) is 0. The van der Waals surface area contributed by atoms with Gasteiger partial charge in [0.25, 0.3) is 5.56 Å². The lowest BCUT2D eigenvalue weighted by molar-refractivity contribution is 0.0689. The van der Waals surface area contributed by atoms with Crippen molar-refractivity contribution in [1.82, 2.24) is 19.9 Å². The summed E-state index contributed by atoms with van der Waals surface area (Å²) in [5, 5.41) is 8.65. The molecule has 0 spiro atoms. The van der Waals surface area contributed by atoms with Crippen LogP contribution in [0, 0.1) is 0 Å². The number of nitrogens with zero attached hydrogens (tertiary/aromatic N) is 3. The van der Waals surface area contributed by atoms with Crippen molar-refractivity contribution in [3.05, 3.63) is 22.4 Å². The van der Waals surface area contributed by atoms with Crippen LogP contribution in [-0.4, -0.2) is 31.0 Å². The van der Waals surface area contributed by atoms with Gasteiger partial charge in [0.05, 0.1) is 0 Å². The van der Waals surface area contributed by atoms with Crippen LogP contribution >= 0.6 is 0 Å². The number of rotatable bonds is 1. The van der Waals surface area contributed by atoms with Crippen LogP contribution in [0.5, 0.6) is 0 Å². The lowest BCUT2D eigenvalue weighted by Crippen LogP contribution is -2.20. The molecule has 2 aromatic heterocycles. The van der Waals surface area contributed by atoms with Crippen molar-refractivity contribution in [3.63, 3.8) is 0 Å². The van der Waals surface area contributed by atoms with Crippen LogP contribution in [-0.2, 0) is 0 Å². The van der Waals surface area contributed by atoms with E-state index < -0.39 is 17.2 Å². The quantitative estimate of drug-likeness (QED) is 0.545. The molecular formula is C7H5N5O3. The fourth-order valence-corrected chi connectivity index (χ4v) is 1.07. The van der Waals surface area contributed by atoms with Crippen LogP contribution in [0.3, 0.4) is 0 Å². The number of carboxylic acids is 1. The fourth-order valence-electron chi connectivity index (χ4n) is 1.07. The second kappa shape index (κ2) is 3.01. The molecular weight excluding hydrogens is 202 g/mol. The third-order valence-electron chi connectivity index (χ3n) is 1.72. The van der Waals surface area contributed by atoms with Crippen molar-refractivity contribution in [3.8, 4) is 0 Å². The van der Waals surface area contributed by atoms with E-state index in [1.54, 1.807) is 0 Å². The summed E-state index contributed by atoms with van der Waals surface area (Å²) in [4.78, 5) is 35.0. The first-order valence-corrected chi connectivity index (χ1v) is 3.83. The first-order valence-electron chi connectivity index (χ1n) is 3.83. The van der Waals surface area contributed by atoms with E-state index in [0.717, 1.165) is 6.33 Å².